The van der Waals surface area contributed by atoms with E-state index in [1.54, 1.807) is 0 Å². The standard InChI is InChI=1S/C13H19N3OS/c1-8-12(18-9(2)15-8)13(17)16-6-4-11-10(7-16)3-5-14-11/h10-11,14H,3-7H2,1-2H3. The van der Waals surface area contributed by atoms with Gasteiger partial charge in [-0.05, 0) is 39.2 Å². The minimum absolute atomic E-state index is 0.184. The maximum atomic E-state index is 12.5. The Morgan fingerprint density at radius 3 is 3.00 bits per heavy atom. The van der Waals surface area contributed by atoms with Gasteiger partial charge in [0.05, 0.1) is 10.7 Å². The molecule has 0 bridgehead atoms. The van der Waals surface area contributed by atoms with Crippen molar-refractivity contribution in [3.63, 3.8) is 0 Å². The molecule has 3 rings (SSSR count). The van der Waals surface area contributed by atoms with Crippen LogP contribution >= 0.6 is 11.3 Å². The van der Waals surface area contributed by atoms with Crippen molar-refractivity contribution >= 4 is 17.2 Å². The minimum Gasteiger partial charge on any atom is -0.337 e. The summed E-state index contributed by atoms with van der Waals surface area (Å²) in [6.45, 7) is 6.79. The Morgan fingerprint density at radius 2 is 2.28 bits per heavy atom. The van der Waals surface area contributed by atoms with Gasteiger partial charge >= 0.3 is 0 Å². The Hall–Kier alpha value is -0.940. The molecule has 3 heterocycles. The van der Waals surface area contributed by atoms with Gasteiger partial charge in [-0.25, -0.2) is 4.98 Å². The van der Waals surface area contributed by atoms with Gasteiger partial charge < -0.3 is 10.2 Å². The fraction of sp³-hybridized carbons (Fsp3) is 0.692. The first kappa shape index (κ1) is 12.1. The predicted octanol–water partition coefficient (Wildman–Crippen LogP) is 1.58. The topological polar surface area (TPSA) is 45.2 Å². The van der Waals surface area contributed by atoms with Gasteiger partial charge in [0.2, 0.25) is 0 Å². The zero-order valence-electron chi connectivity index (χ0n) is 10.9. The van der Waals surface area contributed by atoms with Crippen molar-refractivity contribution < 1.29 is 4.79 Å². The summed E-state index contributed by atoms with van der Waals surface area (Å²) in [7, 11) is 0. The van der Waals surface area contributed by atoms with E-state index in [4.69, 9.17) is 0 Å². The van der Waals surface area contributed by atoms with Gasteiger partial charge in [0.15, 0.2) is 0 Å². The van der Waals surface area contributed by atoms with Gasteiger partial charge in [0.25, 0.3) is 5.91 Å². The average molecular weight is 265 g/mol. The molecule has 2 atom stereocenters. The lowest BCUT2D eigenvalue weighted by Gasteiger charge is -2.34. The van der Waals surface area contributed by atoms with Gasteiger partial charge in [-0.3, -0.25) is 4.79 Å². The normalized spacial score (nSPS) is 27.3. The first-order valence-electron chi connectivity index (χ1n) is 6.62. The van der Waals surface area contributed by atoms with Crippen molar-refractivity contribution in [2.45, 2.75) is 32.7 Å². The van der Waals surface area contributed by atoms with Gasteiger partial charge in [-0.1, -0.05) is 0 Å². The van der Waals surface area contributed by atoms with Crippen molar-refractivity contribution in [2.75, 3.05) is 19.6 Å². The maximum Gasteiger partial charge on any atom is 0.265 e. The largest absolute Gasteiger partial charge is 0.337 e. The summed E-state index contributed by atoms with van der Waals surface area (Å²) in [4.78, 5) is 19.7. The van der Waals surface area contributed by atoms with E-state index in [9.17, 15) is 4.79 Å². The van der Waals surface area contributed by atoms with E-state index < -0.39 is 0 Å². The van der Waals surface area contributed by atoms with Gasteiger partial charge in [-0.2, -0.15) is 0 Å². The van der Waals surface area contributed by atoms with Gasteiger partial charge in [0.1, 0.15) is 4.88 Å². The lowest BCUT2D eigenvalue weighted by molar-refractivity contribution is 0.0666. The molecule has 0 saturated carbocycles. The number of fused-ring (bicyclic) bond motifs is 1. The van der Waals surface area contributed by atoms with E-state index in [-0.39, 0.29) is 5.91 Å². The Balaban J connectivity index is 1.75. The molecule has 2 aliphatic rings. The summed E-state index contributed by atoms with van der Waals surface area (Å²) in [6, 6.07) is 0.637. The molecule has 1 aromatic rings. The smallest absolute Gasteiger partial charge is 0.265 e. The predicted molar refractivity (Wildman–Crippen MR) is 72.0 cm³/mol. The van der Waals surface area contributed by atoms with Crippen molar-refractivity contribution in [3.8, 4) is 0 Å². The van der Waals surface area contributed by atoms with Crippen LogP contribution in [0.2, 0.25) is 0 Å². The average Bonchev–Trinajstić information content (AvgIpc) is 2.93. The van der Waals surface area contributed by atoms with Crippen LogP contribution in [0.1, 0.15) is 33.2 Å². The molecule has 2 saturated heterocycles. The molecular weight excluding hydrogens is 246 g/mol. The highest BCUT2D eigenvalue weighted by Crippen LogP contribution is 2.27. The van der Waals surface area contributed by atoms with Crippen LogP contribution in [-0.4, -0.2) is 41.5 Å². The van der Waals surface area contributed by atoms with Crippen LogP contribution in [0.3, 0.4) is 0 Å². The number of hydrogen-bond donors (Lipinski definition) is 1. The molecule has 0 radical (unpaired) electrons. The highest BCUT2D eigenvalue weighted by atomic mass is 32.1. The third kappa shape index (κ3) is 2.06. The van der Waals surface area contributed by atoms with Crippen LogP contribution in [0.5, 0.6) is 0 Å². The number of likely N-dealkylation sites (tertiary alicyclic amines) is 1. The first-order valence-corrected chi connectivity index (χ1v) is 7.43. The minimum atomic E-state index is 0.184. The van der Waals surface area contributed by atoms with E-state index >= 15 is 0 Å². The molecule has 2 aliphatic heterocycles. The third-order valence-electron chi connectivity index (χ3n) is 4.04. The van der Waals surface area contributed by atoms with E-state index in [1.165, 1.54) is 17.8 Å². The number of hydrogen-bond acceptors (Lipinski definition) is 4. The Bertz CT molecular complexity index is 471. The van der Waals surface area contributed by atoms with Gasteiger partial charge in [-0.15, -0.1) is 11.3 Å². The summed E-state index contributed by atoms with van der Waals surface area (Å²) < 4.78 is 0. The Labute approximate surface area is 111 Å². The number of rotatable bonds is 1. The zero-order chi connectivity index (χ0) is 12.7. The second kappa shape index (κ2) is 4.63. The maximum absolute atomic E-state index is 12.5. The van der Waals surface area contributed by atoms with E-state index in [0.29, 0.717) is 12.0 Å². The van der Waals surface area contributed by atoms with Crippen LogP contribution in [0.15, 0.2) is 0 Å². The van der Waals surface area contributed by atoms with Crippen LogP contribution in [0, 0.1) is 19.8 Å². The number of thiazole rings is 1. The van der Waals surface area contributed by atoms with Crippen molar-refractivity contribution in [1.82, 2.24) is 15.2 Å². The molecule has 2 unspecified atom stereocenters. The highest BCUT2D eigenvalue weighted by Gasteiger charge is 2.35. The fourth-order valence-electron chi connectivity index (χ4n) is 3.11. The molecule has 2 fully saturated rings. The monoisotopic (exact) mass is 265 g/mol. The van der Waals surface area contributed by atoms with E-state index in [1.807, 2.05) is 18.7 Å². The Morgan fingerprint density at radius 1 is 1.44 bits per heavy atom. The highest BCUT2D eigenvalue weighted by molar-refractivity contribution is 7.13. The number of carbonyl (C=O) groups is 1. The summed E-state index contributed by atoms with van der Waals surface area (Å²) in [5, 5.41) is 4.51. The molecule has 4 nitrogen and oxygen atoms in total. The number of amides is 1. The summed E-state index contributed by atoms with van der Waals surface area (Å²) in [5.74, 6) is 0.834. The van der Waals surface area contributed by atoms with Crippen molar-refractivity contribution in [1.29, 1.82) is 0 Å². The van der Waals surface area contributed by atoms with Crippen LogP contribution in [-0.2, 0) is 0 Å². The number of piperidine rings is 1. The van der Waals surface area contributed by atoms with E-state index in [2.05, 4.69) is 10.3 Å². The van der Waals surface area contributed by atoms with Crippen LogP contribution in [0.4, 0.5) is 0 Å². The number of aromatic nitrogens is 1. The Kier molecular flexibility index (Phi) is 3.11. The molecular formula is C13H19N3OS. The van der Waals surface area contributed by atoms with Crippen LogP contribution in [0.25, 0.3) is 0 Å². The van der Waals surface area contributed by atoms with Crippen LogP contribution < -0.4 is 5.32 Å². The summed E-state index contributed by atoms with van der Waals surface area (Å²) >= 11 is 1.52. The van der Waals surface area contributed by atoms with E-state index in [0.717, 1.165) is 41.6 Å². The molecule has 1 amide bonds. The first-order chi connectivity index (χ1) is 8.65. The lowest BCUT2D eigenvalue weighted by atomic mass is 9.93. The number of aryl methyl sites for hydroxylation is 2. The molecule has 1 N–H and O–H groups in total. The molecule has 5 heteroatoms. The second-order valence-electron chi connectivity index (χ2n) is 5.30. The molecule has 18 heavy (non-hydrogen) atoms. The quantitative estimate of drug-likeness (QED) is 0.838. The zero-order valence-corrected chi connectivity index (χ0v) is 11.7. The van der Waals surface area contributed by atoms with Gasteiger partial charge in [0, 0.05) is 19.1 Å². The SMILES string of the molecule is Cc1nc(C)c(C(=O)N2CCC3NCCC3C2)s1. The molecule has 0 aliphatic carbocycles. The molecule has 0 aromatic carbocycles. The summed E-state index contributed by atoms with van der Waals surface area (Å²) in [5.41, 5.74) is 0.883. The number of nitrogens with one attached hydrogen (secondary N) is 1. The molecule has 1 aromatic heterocycles. The number of nitrogens with zero attached hydrogens (tertiary/aromatic N) is 2. The fourth-order valence-corrected chi connectivity index (χ4v) is 3.99. The summed E-state index contributed by atoms with van der Waals surface area (Å²) in [6.07, 6.45) is 2.29. The molecule has 0 spiro atoms. The van der Waals surface area contributed by atoms with Crippen molar-refractivity contribution in [2.24, 2.45) is 5.92 Å². The lowest BCUT2D eigenvalue weighted by Crippen LogP contribution is -2.46. The van der Waals surface area contributed by atoms with Crippen molar-refractivity contribution in [3.05, 3.63) is 15.6 Å². The molecule has 98 valence electrons. The third-order valence-corrected chi connectivity index (χ3v) is 5.10. The number of carbonyl (C=O) groups excluding carboxylic acids is 1. The second-order valence-corrected chi connectivity index (χ2v) is 6.50.